The van der Waals surface area contributed by atoms with E-state index in [2.05, 4.69) is 66.9 Å². The van der Waals surface area contributed by atoms with E-state index in [9.17, 15) is 0 Å². The molecule has 16 heavy (non-hydrogen) atoms. The third kappa shape index (κ3) is 3.14. The van der Waals surface area contributed by atoms with E-state index in [1.165, 1.54) is 22.6 Å². The molecule has 2 rings (SSSR count). The van der Waals surface area contributed by atoms with Crippen molar-refractivity contribution in [3.8, 4) is 0 Å². The van der Waals surface area contributed by atoms with Gasteiger partial charge in [0.05, 0.1) is 0 Å². The van der Waals surface area contributed by atoms with E-state index in [4.69, 9.17) is 0 Å². The number of rotatable bonds is 4. The van der Waals surface area contributed by atoms with Crippen LogP contribution in [0.15, 0.2) is 65.6 Å². The van der Waals surface area contributed by atoms with Crippen molar-refractivity contribution in [2.45, 2.75) is 11.3 Å². The lowest BCUT2D eigenvalue weighted by Gasteiger charge is -2.03. The van der Waals surface area contributed by atoms with Gasteiger partial charge in [-0.05, 0) is 17.7 Å². The fraction of sp³-hybridized carbons (Fsp3) is 0.200. The van der Waals surface area contributed by atoms with Crippen molar-refractivity contribution in [2.24, 2.45) is 0 Å². The molecule has 0 bridgehead atoms. The van der Waals surface area contributed by atoms with Crippen LogP contribution in [0.2, 0.25) is 0 Å². The van der Waals surface area contributed by atoms with Crippen molar-refractivity contribution in [3.63, 3.8) is 0 Å². The molecule has 0 aromatic heterocycles. The highest BCUT2D eigenvalue weighted by Gasteiger charge is 2.13. The summed E-state index contributed by atoms with van der Waals surface area (Å²) in [6, 6.07) is 21.5. The third-order valence-electron chi connectivity index (χ3n) is 2.69. The van der Waals surface area contributed by atoms with Crippen LogP contribution in [0.1, 0.15) is 5.56 Å². The van der Waals surface area contributed by atoms with Crippen LogP contribution < -0.4 is 0 Å². The first kappa shape index (κ1) is 11.3. The second kappa shape index (κ2) is 5.76. The summed E-state index contributed by atoms with van der Waals surface area (Å²) in [6.45, 7) is 0. The SMILES string of the molecule is C[S+](CCc1ccccc1)c1ccccc1. The molecule has 0 aliphatic heterocycles. The van der Waals surface area contributed by atoms with Crippen LogP contribution in [0.4, 0.5) is 0 Å². The topological polar surface area (TPSA) is 0 Å². The summed E-state index contributed by atoms with van der Waals surface area (Å²) in [5.74, 6) is 1.24. The molecule has 0 heterocycles. The van der Waals surface area contributed by atoms with E-state index < -0.39 is 0 Å². The molecule has 1 atom stereocenters. The Morgan fingerprint density at radius 2 is 1.38 bits per heavy atom. The van der Waals surface area contributed by atoms with Crippen molar-refractivity contribution in [1.82, 2.24) is 0 Å². The van der Waals surface area contributed by atoms with E-state index in [-0.39, 0.29) is 0 Å². The molecule has 2 aromatic carbocycles. The predicted molar refractivity (Wildman–Crippen MR) is 73.0 cm³/mol. The number of benzene rings is 2. The van der Waals surface area contributed by atoms with Crippen LogP contribution in [0, 0.1) is 0 Å². The van der Waals surface area contributed by atoms with E-state index >= 15 is 0 Å². The summed E-state index contributed by atoms with van der Waals surface area (Å²) in [6.07, 6.45) is 3.51. The molecule has 2 aromatic rings. The predicted octanol–water partition coefficient (Wildman–Crippen LogP) is 3.54. The van der Waals surface area contributed by atoms with Crippen molar-refractivity contribution in [2.75, 3.05) is 12.0 Å². The molecule has 0 N–H and O–H groups in total. The summed E-state index contributed by atoms with van der Waals surface area (Å²) >= 11 is 0. The van der Waals surface area contributed by atoms with Gasteiger partial charge in [-0.2, -0.15) is 0 Å². The zero-order valence-electron chi connectivity index (χ0n) is 9.60. The van der Waals surface area contributed by atoms with Gasteiger partial charge in [-0.25, -0.2) is 0 Å². The lowest BCUT2D eigenvalue weighted by molar-refractivity contribution is 1.15. The minimum atomic E-state index is 0.366. The molecule has 0 nitrogen and oxygen atoms in total. The Balaban J connectivity index is 1.92. The van der Waals surface area contributed by atoms with E-state index in [0.29, 0.717) is 10.9 Å². The van der Waals surface area contributed by atoms with Crippen molar-refractivity contribution >= 4 is 10.9 Å². The Hall–Kier alpha value is -1.21. The quantitative estimate of drug-likeness (QED) is 0.704. The summed E-state index contributed by atoms with van der Waals surface area (Å²) < 4.78 is 0. The Labute approximate surface area is 101 Å². The Bertz CT molecular complexity index is 408. The summed E-state index contributed by atoms with van der Waals surface area (Å²) in [4.78, 5) is 1.47. The maximum atomic E-state index is 2.33. The maximum Gasteiger partial charge on any atom is 0.154 e. The standard InChI is InChI=1S/C15H17S/c1-16(15-10-6-3-7-11-15)13-12-14-8-4-2-5-9-14/h2-11H,12-13H2,1H3/q+1. The average Bonchev–Trinajstić information content (AvgIpc) is 2.38. The second-order valence-electron chi connectivity index (χ2n) is 3.89. The Morgan fingerprint density at radius 1 is 0.812 bits per heavy atom. The minimum Gasteiger partial charge on any atom is -0.0622 e. The maximum absolute atomic E-state index is 2.33. The van der Waals surface area contributed by atoms with Crippen molar-refractivity contribution < 1.29 is 0 Å². The van der Waals surface area contributed by atoms with Gasteiger partial charge in [-0.1, -0.05) is 48.5 Å². The summed E-state index contributed by atoms with van der Waals surface area (Å²) in [7, 11) is 0.366. The van der Waals surface area contributed by atoms with Gasteiger partial charge in [-0.3, -0.25) is 0 Å². The molecule has 0 amide bonds. The molecule has 0 aliphatic rings. The summed E-state index contributed by atoms with van der Waals surface area (Å²) in [5.41, 5.74) is 1.44. The van der Waals surface area contributed by atoms with Gasteiger partial charge in [0.15, 0.2) is 4.90 Å². The lowest BCUT2D eigenvalue weighted by Crippen LogP contribution is -2.07. The first-order valence-corrected chi connectivity index (χ1v) is 7.38. The van der Waals surface area contributed by atoms with E-state index in [0.717, 1.165) is 0 Å². The molecule has 0 fully saturated rings. The lowest BCUT2D eigenvalue weighted by atomic mass is 10.2. The fourth-order valence-electron chi connectivity index (χ4n) is 1.69. The van der Waals surface area contributed by atoms with Gasteiger partial charge in [0.1, 0.15) is 12.0 Å². The van der Waals surface area contributed by atoms with Crippen LogP contribution in [0.5, 0.6) is 0 Å². The van der Waals surface area contributed by atoms with Crippen molar-refractivity contribution in [1.29, 1.82) is 0 Å². The van der Waals surface area contributed by atoms with Crippen LogP contribution in [0.25, 0.3) is 0 Å². The first-order chi connectivity index (χ1) is 7.86. The van der Waals surface area contributed by atoms with Crippen LogP contribution in [0.3, 0.4) is 0 Å². The Kier molecular flexibility index (Phi) is 4.06. The number of aryl methyl sites for hydroxylation is 1. The third-order valence-corrected chi connectivity index (χ3v) is 4.58. The molecule has 0 radical (unpaired) electrons. The molecule has 0 spiro atoms. The zero-order valence-corrected chi connectivity index (χ0v) is 10.4. The van der Waals surface area contributed by atoms with E-state index in [1.54, 1.807) is 0 Å². The van der Waals surface area contributed by atoms with Crippen molar-refractivity contribution in [3.05, 3.63) is 66.2 Å². The molecule has 82 valence electrons. The second-order valence-corrected chi connectivity index (χ2v) is 6.04. The number of hydrogen-bond donors (Lipinski definition) is 0. The van der Waals surface area contributed by atoms with Crippen LogP contribution in [-0.2, 0) is 17.3 Å². The van der Waals surface area contributed by atoms with Gasteiger partial charge < -0.3 is 0 Å². The van der Waals surface area contributed by atoms with E-state index in [1.807, 2.05) is 0 Å². The minimum absolute atomic E-state index is 0.366. The molecule has 0 saturated carbocycles. The molecule has 1 heteroatoms. The molecular weight excluding hydrogens is 212 g/mol. The van der Waals surface area contributed by atoms with Gasteiger partial charge >= 0.3 is 0 Å². The number of hydrogen-bond acceptors (Lipinski definition) is 0. The smallest absolute Gasteiger partial charge is 0.0622 e. The first-order valence-electron chi connectivity index (χ1n) is 5.58. The fourth-order valence-corrected chi connectivity index (χ4v) is 3.09. The van der Waals surface area contributed by atoms with Gasteiger partial charge in [0, 0.05) is 17.3 Å². The normalized spacial score (nSPS) is 12.3. The Morgan fingerprint density at radius 3 is 2.00 bits per heavy atom. The highest BCUT2D eigenvalue weighted by atomic mass is 32.2. The average molecular weight is 229 g/mol. The molecular formula is C15H17S+. The van der Waals surface area contributed by atoms with Crippen LogP contribution in [-0.4, -0.2) is 12.0 Å². The zero-order chi connectivity index (χ0) is 11.2. The van der Waals surface area contributed by atoms with Gasteiger partial charge in [0.2, 0.25) is 0 Å². The summed E-state index contributed by atoms with van der Waals surface area (Å²) in [5, 5.41) is 0. The largest absolute Gasteiger partial charge is 0.154 e. The molecule has 0 saturated heterocycles. The highest BCUT2D eigenvalue weighted by Crippen LogP contribution is 2.12. The molecule has 1 unspecified atom stereocenters. The van der Waals surface area contributed by atoms with Crippen LogP contribution >= 0.6 is 0 Å². The monoisotopic (exact) mass is 229 g/mol. The highest BCUT2D eigenvalue weighted by molar-refractivity contribution is 7.96. The molecule has 0 aliphatic carbocycles. The van der Waals surface area contributed by atoms with Gasteiger partial charge in [-0.15, -0.1) is 0 Å². The van der Waals surface area contributed by atoms with Gasteiger partial charge in [0.25, 0.3) is 0 Å².